The molecule has 0 spiro atoms. The first kappa shape index (κ1) is 21.9. The number of ketones is 1. The Morgan fingerprint density at radius 3 is 2.47 bits per heavy atom. The highest BCUT2D eigenvalue weighted by molar-refractivity contribution is 6.46. The predicted molar refractivity (Wildman–Crippen MR) is 122 cm³/mol. The average molecular weight is 469 g/mol. The number of likely N-dealkylation sites (tertiary alicyclic amines) is 1. The number of benzene rings is 2. The quantitative estimate of drug-likeness (QED) is 0.323. The Labute approximate surface area is 194 Å². The van der Waals surface area contributed by atoms with E-state index in [2.05, 4.69) is 4.98 Å². The minimum absolute atomic E-state index is 0.0255. The van der Waals surface area contributed by atoms with Crippen LogP contribution in [0.25, 0.3) is 5.76 Å². The van der Waals surface area contributed by atoms with E-state index < -0.39 is 17.7 Å². The summed E-state index contributed by atoms with van der Waals surface area (Å²) in [4.78, 5) is 31.6. The lowest BCUT2D eigenvalue weighted by Gasteiger charge is -2.25. The number of rotatable bonds is 5. The number of aromatic nitrogens is 1. The Kier molecular flexibility index (Phi) is 6.17. The van der Waals surface area contributed by atoms with Crippen LogP contribution in [0.4, 0.5) is 0 Å². The molecule has 1 fully saturated rings. The van der Waals surface area contributed by atoms with E-state index in [0.717, 1.165) is 5.56 Å². The van der Waals surface area contributed by atoms with E-state index in [1.807, 2.05) is 6.07 Å². The van der Waals surface area contributed by atoms with E-state index in [1.165, 1.54) is 12.0 Å². The molecule has 0 aliphatic carbocycles. The molecular weight excluding hydrogens is 451 g/mol. The monoisotopic (exact) mass is 468 g/mol. The third kappa shape index (κ3) is 4.07. The number of ether oxygens (including phenoxy) is 1. The molecule has 0 bridgehead atoms. The highest BCUT2D eigenvalue weighted by Gasteiger charge is 2.46. The number of carbonyl (C=O) groups excluding carboxylic acids is 2. The summed E-state index contributed by atoms with van der Waals surface area (Å²) in [5.41, 5.74) is 1.65. The molecule has 1 aliphatic heterocycles. The molecule has 32 heavy (non-hydrogen) atoms. The molecule has 0 unspecified atom stereocenters. The number of pyridine rings is 1. The molecule has 162 valence electrons. The highest BCUT2D eigenvalue weighted by atomic mass is 35.5. The predicted octanol–water partition coefficient (Wildman–Crippen LogP) is 5.02. The van der Waals surface area contributed by atoms with E-state index in [0.29, 0.717) is 21.9 Å². The summed E-state index contributed by atoms with van der Waals surface area (Å²) in [5, 5.41) is 11.7. The maximum atomic E-state index is 13.1. The SMILES string of the molecule is COc1ccc(C(O)=C2C(=O)C(=O)N(Cc3cccnc3)[C@@H]2c2ccc(Cl)c(Cl)c2)cc1. The number of aliphatic hydroxyl groups excluding tert-OH is 1. The van der Waals surface area contributed by atoms with Crippen molar-refractivity contribution in [3.8, 4) is 5.75 Å². The maximum Gasteiger partial charge on any atom is 0.295 e. The topological polar surface area (TPSA) is 79.7 Å². The molecule has 0 saturated carbocycles. The third-order valence-electron chi connectivity index (χ3n) is 5.24. The normalized spacial score (nSPS) is 17.6. The van der Waals surface area contributed by atoms with Crippen molar-refractivity contribution in [1.29, 1.82) is 0 Å². The summed E-state index contributed by atoms with van der Waals surface area (Å²) in [6.07, 6.45) is 3.24. The lowest BCUT2D eigenvalue weighted by molar-refractivity contribution is -0.140. The van der Waals surface area contributed by atoms with Crippen molar-refractivity contribution in [3.63, 3.8) is 0 Å². The van der Waals surface area contributed by atoms with Crippen LogP contribution in [0.5, 0.6) is 5.75 Å². The van der Waals surface area contributed by atoms with Crippen LogP contribution in [-0.2, 0) is 16.1 Å². The number of amides is 1. The van der Waals surface area contributed by atoms with Crippen molar-refractivity contribution >= 4 is 40.7 Å². The van der Waals surface area contributed by atoms with Crippen LogP contribution in [0.3, 0.4) is 0 Å². The summed E-state index contributed by atoms with van der Waals surface area (Å²) >= 11 is 12.3. The average Bonchev–Trinajstić information content (AvgIpc) is 3.06. The van der Waals surface area contributed by atoms with Gasteiger partial charge < -0.3 is 14.7 Å². The van der Waals surface area contributed by atoms with Crippen LogP contribution < -0.4 is 4.74 Å². The van der Waals surface area contributed by atoms with Gasteiger partial charge in [-0.3, -0.25) is 14.6 Å². The minimum atomic E-state index is -0.855. The molecule has 1 N–H and O–H groups in total. The van der Waals surface area contributed by atoms with Crippen molar-refractivity contribution in [2.75, 3.05) is 7.11 Å². The van der Waals surface area contributed by atoms with Crippen LogP contribution >= 0.6 is 23.2 Å². The molecule has 3 aromatic rings. The van der Waals surface area contributed by atoms with E-state index in [1.54, 1.807) is 60.9 Å². The van der Waals surface area contributed by atoms with Crippen molar-refractivity contribution in [2.24, 2.45) is 0 Å². The summed E-state index contributed by atoms with van der Waals surface area (Å²) < 4.78 is 5.15. The standard InChI is InChI=1S/C24H18Cl2N2O4/c1-32-17-7-4-15(5-8-17)22(29)20-21(16-6-9-18(25)19(26)11-16)28(24(31)23(20)30)13-14-3-2-10-27-12-14/h2-12,21,29H,13H2,1H3/t21-/m1/s1. The lowest BCUT2D eigenvalue weighted by atomic mass is 9.95. The first-order valence-electron chi connectivity index (χ1n) is 9.67. The summed E-state index contributed by atoms with van der Waals surface area (Å²) in [7, 11) is 1.53. The Morgan fingerprint density at radius 1 is 1.09 bits per heavy atom. The lowest BCUT2D eigenvalue weighted by Crippen LogP contribution is -2.29. The maximum absolute atomic E-state index is 13.1. The molecule has 8 heteroatoms. The van der Waals surface area contributed by atoms with Crippen LogP contribution in [0.15, 0.2) is 72.6 Å². The third-order valence-corrected chi connectivity index (χ3v) is 5.98. The van der Waals surface area contributed by atoms with Gasteiger partial charge in [0, 0.05) is 24.5 Å². The first-order chi connectivity index (χ1) is 15.4. The molecule has 1 amide bonds. The van der Waals surface area contributed by atoms with E-state index in [-0.39, 0.29) is 22.9 Å². The summed E-state index contributed by atoms with van der Waals surface area (Å²) in [6.45, 7) is 0.128. The number of nitrogens with zero attached hydrogens (tertiary/aromatic N) is 2. The van der Waals surface area contributed by atoms with Gasteiger partial charge in [-0.2, -0.15) is 0 Å². The molecule has 1 aromatic heterocycles. The number of carbonyl (C=O) groups is 2. The second-order valence-corrected chi connectivity index (χ2v) is 8.00. The molecule has 0 radical (unpaired) electrons. The Bertz CT molecular complexity index is 1210. The Morgan fingerprint density at radius 2 is 1.84 bits per heavy atom. The number of halogens is 2. The number of hydrogen-bond donors (Lipinski definition) is 1. The molecule has 2 heterocycles. The van der Waals surface area contributed by atoms with Crippen molar-refractivity contribution < 1.29 is 19.4 Å². The molecule has 4 rings (SSSR count). The zero-order valence-electron chi connectivity index (χ0n) is 17.0. The van der Waals surface area contributed by atoms with E-state index >= 15 is 0 Å². The van der Waals surface area contributed by atoms with Crippen LogP contribution in [0, 0.1) is 0 Å². The van der Waals surface area contributed by atoms with Crippen LogP contribution in [0.1, 0.15) is 22.7 Å². The molecule has 6 nitrogen and oxygen atoms in total. The van der Waals surface area contributed by atoms with Gasteiger partial charge in [-0.25, -0.2) is 0 Å². The van der Waals surface area contributed by atoms with Gasteiger partial charge >= 0.3 is 0 Å². The molecule has 2 aromatic carbocycles. The Balaban J connectivity index is 1.86. The van der Waals surface area contributed by atoms with E-state index in [4.69, 9.17) is 27.9 Å². The van der Waals surface area contributed by atoms with E-state index in [9.17, 15) is 14.7 Å². The fraction of sp³-hybridized carbons (Fsp3) is 0.125. The van der Waals surface area contributed by atoms with Gasteiger partial charge in [0.05, 0.1) is 28.8 Å². The van der Waals surface area contributed by atoms with Crippen molar-refractivity contribution in [1.82, 2.24) is 9.88 Å². The first-order valence-corrected chi connectivity index (χ1v) is 10.4. The minimum Gasteiger partial charge on any atom is -0.507 e. The largest absolute Gasteiger partial charge is 0.507 e. The number of aliphatic hydroxyl groups is 1. The zero-order valence-corrected chi connectivity index (χ0v) is 18.5. The number of methoxy groups -OCH3 is 1. The Hall–Kier alpha value is -3.35. The second-order valence-electron chi connectivity index (χ2n) is 7.19. The van der Waals surface area contributed by atoms with Crippen molar-refractivity contribution in [3.05, 3.63) is 99.3 Å². The van der Waals surface area contributed by atoms with Gasteiger partial charge in [-0.1, -0.05) is 35.3 Å². The zero-order chi connectivity index (χ0) is 22.8. The van der Waals surface area contributed by atoms with Crippen LogP contribution in [-0.4, -0.2) is 33.8 Å². The second kappa shape index (κ2) is 9.02. The van der Waals surface area contributed by atoms with Gasteiger partial charge in [-0.05, 0) is 53.6 Å². The molecular formula is C24H18Cl2N2O4. The fourth-order valence-corrected chi connectivity index (χ4v) is 3.97. The molecule has 1 saturated heterocycles. The highest BCUT2D eigenvalue weighted by Crippen LogP contribution is 2.41. The molecule has 1 atom stereocenters. The van der Waals surface area contributed by atoms with Gasteiger partial charge in [0.25, 0.3) is 11.7 Å². The number of Topliss-reactive ketones (excluding diaryl/α,β-unsaturated/α-hetero) is 1. The van der Waals surface area contributed by atoms with Gasteiger partial charge in [0.1, 0.15) is 11.5 Å². The van der Waals surface area contributed by atoms with Gasteiger partial charge in [0.15, 0.2) is 0 Å². The number of hydrogen-bond acceptors (Lipinski definition) is 5. The fourth-order valence-electron chi connectivity index (χ4n) is 3.66. The smallest absolute Gasteiger partial charge is 0.295 e. The summed E-state index contributed by atoms with van der Waals surface area (Å²) in [5.74, 6) is -1.19. The molecule has 1 aliphatic rings. The summed E-state index contributed by atoms with van der Waals surface area (Å²) in [6, 6.07) is 14.1. The van der Waals surface area contributed by atoms with Crippen LogP contribution in [0.2, 0.25) is 10.0 Å². The van der Waals surface area contributed by atoms with Gasteiger partial charge in [0.2, 0.25) is 0 Å². The van der Waals surface area contributed by atoms with Crippen molar-refractivity contribution in [2.45, 2.75) is 12.6 Å². The van der Waals surface area contributed by atoms with Gasteiger partial charge in [-0.15, -0.1) is 0 Å².